The molecule has 0 bridgehead atoms. The standard InChI is InChI=1S/C21H28O3/c1-15-8-10-19(16(2)14-15)21-23-13-12-18(24-21)9-11-20(22)17-6-4-3-5-7-17/h3-7,14,16,18-19,21H,8-13H2,1-2H3. The Hall–Kier alpha value is -1.45. The number of carbonyl (C=O) groups excluding carboxylic acids is 1. The van der Waals surface area contributed by atoms with Gasteiger partial charge < -0.3 is 9.47 Å². The largest absolute Gasteiger partial charge is 0.352 e. The number of benzene rings is 1. The van der Waals surface area contributed by atoms with Gasteiger partial charge in [0.2, 0.25) is 0 Å². The van der Waals surface area contributed by atoms with Crippen molar-refractivity contribution in [3.05, 3.63) is 47.5 Å². The Bertz CT molecular complexity index is 578. The minimum absolute atomic E-state index is 0.116. The average molecular weight is 328 g/mol. The maximum Gasteiger partial charge on any atom is 0.162 e. The Labute approximate surface area is 145 Å². The van der Waals surface area contributed by atoms with Gasteiger partial charge in [0, 0.05) is 17.9 Å². The van der Waals surface area contributed by atoms with Gasteiger partial charge in [0.15, 0.2) is 12.1 Å². The van der Waals surface area contributed by atoms with E-state index in [0.29, 0.717) is 18.3 Å². The molecule has 0 aromatic heterocycles. The van der Waals surface area contributed by atoms with Gasteiger partial charge in [-0.3, -0.25) is 4.79 Å². The van der Waals surface area contributed by atoms with Crippen LogP contribution in [-0.2, 0) is 9.47 Å². The summed E-state index contributed by atoms with van der Waals surface area (Å²) in [6.07, 6.45) is 6.84. The summed E-state index contributed by atoms with van der Waals surface area (Å²) in [6, 6.07) is 9.52. The predicted molar refractivity (Wildman–Crippen MR) is 94.9 cm³/mol. The molecule has 1 saturated heterocycles. The third-order valence-corrected chi connectivity index (χ3v) is 5.28. The van der Waals surface area contributed by atoms with Gasteiger partial charge in [-0.1, -0.05) is 48.9 Å². The Morgan fingerprint density at radius 3 is 2.75 bits per heavy atom. The molecular weight excluding hydrogens is 300 g/mol. The molecule has 1 aromatic rings. The van der Waals surface area contributed by atoms with Gasteiger partial charge in [-0.15, -0.1) is 0 Å². The number of hydrogen-bond donors (Lipinski definition) is 0. The minimum atomic E-state index is -0.116. The Kier molecular flexibility index (Phi) is 5.85. The van der Waals surface area contributed by atoms with E-state index < -0.39 is 0 Å². The molecule has 0 N–H and O–H groups in total. The maximum atomic E-state index is 12.3. The van der Waals surface area contributed by atoms with Crippen LogP contribution in [-0.4, -0.2) is 24.8 Å². The van der Waals surface area contributed by atoms with E-state index in [1.54, 1.807) is 0 Å². The first kappa shape index (κ1) is 17.4. The summed E-state index contributed by atoms with van der Waals surface area (Å²) in [4.78, 5) is 12.3. The molecule has 130 valence electrons. The second-order valence-corrected chi connectivity index (χ2v) is 7.19. The Morgan fingerprint density at radius 1 is 1.21 bits per heavy atom. The highest BCUT2D eigenvalue weighted by Gasteiger charge is 2.34. The van der Waals surface area contributed by atoms with Crippen molar-refractivity contribution in [1.29, 1.82) is 0 Å². The molecule has 1 aromatic carbocycles. The van der Waals surface area contributed by atoms with Crippen molar-refractivity contribution in [3.63, 3.8) is 0 Å². The van der Waals surface area contributed by atoms with Crippen LogP contribution in [0.2, 0.25) is 0 Å². The van der Waals surface area contributed by atoms with Crippen LogP contribution in [0.25, 0.3) is 0 Å². The highest BCUT2D eigenvalue weighted by Crippen LogP contribution is 2.35. The summed E-state index contributed by atoms with van der Waals surface area (Å²) in [5, 5.41) is 0. The molecule has 0 amide bonds. The van der Waals surface area contributed by atoms with Gasteiger partial charge in [0.05, 0.1) is 12.7 Å². The fraction of sp³-hybridized carbons (Fsp3) is 0.571. The number of rotatable bonds is 5. The fourth-order valence-electron chi connectivity index (χ4n) is 3.81. The highest BCUT2D eigenvalue weighted by molar-refractivity contribution is 5.95. The normalized spacial score (nSPS) is 30.7. The lowest BCUT2D eigenvalue weighted by Gasteiger charge is -2.38. The van der Waals surface area contributed by atoms with Gasteiger partial charge in [-0.05, 0) is 38.5 Å². The SMILES string of the molecule is CC1=CC(C)C(C2OCCC(CCC(=O)c3ccccc3)O2)CC1. The Morgan fingerprint density at radius 2 is 2.00 bits per heavy atom. The van der Waals surface area contributed by atoms with Crippen LogP contribution < -0.4 is 0 Å². The molecule has 0 saturated carbocycles. The van der Waals surface area contributed by atoms with Crippen molar-refractivity contribution >= 4 is 5.78 Å². The van der Waals surface area contributed by atoms with Gasteiger partial charge >= 0.3 is 0 Å². The molecule has 2 aliphatic rings. The van der Waals surface area contributed by atoms with E-state index in [2.05, 4.69) is 19.9 Å². The minimum Gasteiger partial charge on any atom is -0.352 e. The van der Waals surface area contributed by atoms with Crippen molar-refractivity contribution < 1.29 is 14.3 Å². The van der Waals surface area contributed by atoms with E-state index >= 15 is 0 Å². The number of ketones is 1. The van der Waals surface area contributed by atoms with Crippen LogP contribution in [0.5, 0.6) is 0 Å². The quantitative estimate of drug-likeness (QED) is 0.577. The number of Topliss-reactive ketones (excluding diaryl/α,β-unsaturated/α-hetero) is 1. The van der Waals surface area contributed by atoms with E-state index in [1.807, 2.05) is 30.3 Å². The van der Waals surface area contributed by atoms with Crippen LogP contribution >= 0.6 is 0 Å². The smallest absolute Gasteiger partial charge is 0.162 e. The summed E-state index contributed by atoms with van der Waals surface area (Å²) in [5.74, 6) is 1.13. The van der Waals surface area contributed by atoms with E-state index in [-0.39, 0.29) is 18.2 Å². The van der Waals surface area contributed by atoms with E-state index in [4.69, 9.17) is 9.47 Å². The van der Waals surface area contributed by atoms with Crippen LogP contribution in [0, 0.1) is 11.8 Å². The molecule has 24 heavy (non-hydrogen) atoms. The van der Waals surface area contributed by atoms with Crippen LogP contribution in [0.1, 0.15) is 56.3 Å². The summed E-state index contributed by atoms with van der Waals surface area (Å²) < 4.78 is 12.1. The lowest BCUT2D eigenvalue weighted by atomic mass is 9.81. The van der Waals surface area contributed by atoms with Gasteiger partial charge in [0.1, 0.15) is 0 Å². The summed E-state index contributed by atoms with van der Waals surface area (Å²) in [6.45, 7) is 5.19. The molecule has 1 heterocycles. The summed E-state index contributed by atoms with van der Waals surface area (Å²) in [5.41, 5.74) is 2.27. The lowest BCUT2D eigenvalue weighted by Crippen LogP contribution is -2.40. The van der Waals surface area contributed by atoms with Crippen LogP contribution in [0.15, 0.2) is 42.0 Å². The zero-order chi connectivity index (χ0) is 16.9. The predicted octanol–water partition coefficient (Wildman–Crippen LogP) is 4.77. The van der Waals surface area contributed by atoms with E-state index in [9.17, 15) is 4.79 Å². The van der Waals surface area contributed by atoms with Gasteiger partial charge in [-0.2, -0.15) is 0 Å². The molecule has 1 fully saturated rings. The number of carbonyl (C=O) groups is 1. The Balaban J connectivity index is 1.52. The number of allylic oxidation sites excluding steroid dienone is 2. The molecular formula is C21H28O3. The molecule has 3 nitrogen and oxygen atoms in total. The molecule has 0 radical (unpaired) electrons. The van der Waals surface area contributed by atoms with Gasteiger partial charge in [-0.25, -0.2) is 0 Å². The number of ether oxygens (including phenoxy) is 2. The second kappa shape index (κ2) is 8.09. The molecule has 3 rings (SSSR count). The fourth-order valence-corrected chi connectivity index (χ4v) is 3.81. The number of hydrogen-bond acceptors (Lipinski definition) is 3. The van der Waals surface area contributed by atoms with Crippen LogP contribution in [0.3, 0.4) is 0 Å². The van der Waals surface area contributed by atoms with Crippen molar-refractivity contribution in [2.24, 2.45) is 11.8 Å². The summed E-state index contributed by atoms with van der Waals surface area (Å²) in [7, 11) is 0. The second-order valence-electron chi connectivity index (χ2n) is 7.19. The van der Waals surface area contributed by atoms with Gasteiger partial charge in [0.25, 0.3) is 0 Å². The lowest BCUT2D eigenvalue weighted by molar-refractivity contribution is -0.242. The topological polar surface area (TPSA) is 35.5 Å². The maximum absolute atomic E-state index is 12.3. The monoisotopic (exact) mass is 328 g/mol. The van der Waals surface area contributed by atoms with Crippen LogP contribution in [0.4, 0.5) is 0 Å². The highest BCUT2D eigenvalue weighted by atomic mass is 16.7. The zero-order valence-corrected chi connectivity index (χ0v) is 14.7. The van der Waals surface area contributed by atoms with Crippen molar-refractivity contribution in [3.8, 4) is 0 Å². The first-order valence-electron chi connectivity index (χ1n) is 9.16. The molecule has 4 unspecified atom stereocenters. The van der Waals surface area contributed by atoms with E-state index in [1.165, 1.54) is 5.57 Å². The third kappa shape index (κ3) is 4.34. The first-order valence-corrected chi connectivity index (χ1v) is 9.16. The van der Waals surface area contributed by atoms with Crippen molar-refractivity contribution in [2.45, 2.75) is 58.3 Å². The molecule has 0 spiro atoms. The first-order chi connectivity index (χ1) is 11.6. The molecule has 4 atom stereocenters. The average Bonchev–Trinajstić information content (AvgIpc) is 2.60. The zero-order valence-electron chi connectivity index (χ0n) is 14.7. The van der Waals surface area contributed by atoms with Crippen molar-refractivity contribution in [1.82, 2.24) is 0 Å². The van der Waals surface area contributed by atoms with Crippen molar-refractivity contribution in [2.75, 3.05) is 6.61 Å². The summed E-state index contributed by atoms with van der Waals surface area (Å²) >= 11 is 0. The van der Waals surface area contributed by atoms with E-state index in [0.717, 1.165) is 37.9 Å². The third-order valence-electron chi connectivity index (χ3n) is 5.28. The molecule has 1 aliphatic carbocycles. The molecule has 1 aliphatic heterocycles. The molecule has 3 heteroatoms.